The SMILES string of the molecule is O=C(NC(=O)[C@@H]1CCCCN1)c1cncnc1. The second-order valence-corrected chi connectivity index (χ2v) is 3.95. The zero-order valence-corrected chi connectivity index (χ0v) is 9.35. The zero-order chi connectivity index (χ0) is 12.1. The summed E-state index contributed by atoms with van der Waals surface area (Å²) in [7, 11) is 0. The van der Waals surface area contributed by atoms with Crippen LogP contribution in [0.3, 0.4) is 0 Å². The van der Waals surface area contributed by atoms with Crippen LogP contribution in [0.4, 0.5) is 0 Å². The molecule has 0 unspecified atom stereocenters. The van der Waals surface area contributed by atoms with Gasteiger partial charge in [-0.1, -0.05) is 6.42 Å². The summed E-state index contributed by atoms with van der Waals surface area (Å²) >= 11 is 0. The van der Waals surface area contributed by atoms with Gasteiger partial charge in [0.25, 0.3) is 5.91 Å². The van der Waals surface area contributed by atoms with Crippen LogP contribution in [0.1, 0.15) is 29.6 Å². The fraction of sp³-hybridized carbons (Fsp3) is 0.455. The molecule has 90 valence electrons. The van der Waals surface area contributed by atoms with Crippen molar-refractivity contribution in [1.29, 1.82) is 0 Å². The number of amides is 2. The van der Waals surface area contributed by atoms with Gasteiger partial charge >= 0.3 is 0 Å². The molecule has 2 N–H and O–H groups in total. The maximum atomic E-state index is 11.7. The third-order valence-electron chi connectivity index (χ3n) is 2.69. The van der Waals surface area contributed by atoms with Crippen molar-refractivity contribution < 1.29 is 9.59 Å². The van der Waals surface area contributed by atoms with Gasteiger partial charge in [0.15, 0.2) is 0 Å². The molecule has 0 spiro atoms. The van der Waals surface area contributed by atoms with Crippen molar-refractivity contribution in [3.63, 3.8) is 0 Å². The van der Waals surface area contributed by atoms with Gasteiger partial charge in [0.1, 0.15) is 6.33 Å². The van der Waals surface area contributed by atoms with Gasteiger partial charge in [0.2, 0.25) is 5.91 Å². The molecular formula is C11H14N4O2. The van der Waals surface area contributed by atoms with Crippen LogP contribution in [0.15, 0.2) is 18.7 Å². The quantitative estimate of drug-likeness (QED) is 0.697. The smallest absolute Gasteiger partial charge is 0.261 e. The number of hydrogen-bond acceptors (Lipinski definition) is 5. The summed E-state index contributed by atoms with van der Waals surface area (Å²) in [4.78, 5) is 30.9. The van der Waals surface area contributed by atoms with E-state index < -0.39 is 5.91 Å². The van der Waals surface area contributed by atoms with Crippen LogP contribution in [-0.4, -0.2) is 34.4 Å². The lowest BCUT2D eigenvalue weighted by atomic mass is 10.0. The molecule has 0 bridgehead atoms. The monoisotopic (exact) mass is 234 g/mol. The lowest BCUT2D eigenvalue weighted by Crippen LogP contribution is -2.48. The molecule has 0 aliphatic carbocycles. The fourth-order valence-electron chi connectivity index (χ4n) is 1.76. The van der Waals surface area contributed by atoms with E-state index in [9.17, 15) is 9.59 Å². The molecule has 0 radical (unpaired) electrons. The largest absolute Gasteiger partial charge is 0.306 e. The van der Waals surface area contributed by atoms with E-state index in [0.717, 1.165) is 25.8 Å². The lowest BCUT2D eigenvalue weighted by molar-refractivity contribution is -0.122. The first-order valence-corrected chi connectivity index (χ1v) is 5.61. The van der Waals surface area contributed by atoms with E-state index in [0.29, 0.717) is 0 Å². The third-order valence-corrected chi connectivity index (χ3v) is 2.69. The molecule has 1 aromatic rings. The Balaban J connectivity index is 1.92. The van der Waals surface area contributed by atoms with E-state index in [4.69, 9.17) is 0 Å². The summed E-state index contributed by atoms with van der Waals surface area (Å²) in [6.07, 6.45) is 6.94. The number of imide groups is 1. The molecule has 17 heavy (non-hydrogen) atoms. The number of piperidine rings is 1. The Morgan fingerprint density at radius 2 is 2.06 bits per heavy atom. The molecule has 2 amide bonds. The summed E-state index contributed by atoms with van der Waals surface area (Å²) in [5.74, 6) is -0.735. The Morgan fingerprint density at radius 1 is 1.29 bits per heavy atom. The average molecular weight is 234 g/mol. The standard InChI is InChI=1S/C11H14N4O2/c16-10(8-5-12-7-13-6-8)15-11(17)9-3-1-2-4-14-9/h5-7,9,14H,1-4H2,(H,15,16,17)/t9-/m0/s1. The molecule has 1 aliphatic rings. The normalized spacial score (nSPS) is 19.6. The summed E-state index contributed by atoms with van der Waals surface area (Å²) in [5, 5.41) is 5.43. The summed E-state index contributed by atoms with van der Waals surface area (Å²) in [5.41, 5.74) is 0.289. The van der Waals surface area contributed by atoms with Crippen LogP contribution in [0, 0.1) is 0 Å². The molecule has 0 saturated carbocycles. The second kappa shape index (κ2) is 5.49. The minimum Gasteiger partial charge on any atom is -0.306 e. The third kappa shape index (κ3) is 3.07. The molecule has 2 rings (SSSR count). The predicted octanol–water partition coefficient (Wildman–Crippen LogP) is -0.125. The van der Waals surface area contributed by atoms with Crippen molar-refractivity contribution in [3.8, 4) is 0 Å². The maximum Gasteiger partial charge on any atom is 0.261 e. The Morgan fingerprint density at radius 3 is 2.71 bits per heavy atom. The molecule has 1 aliphatic heterocycles. The van der Waals surface area contributed by atoms with Crippen LogP contribution in [0.2, 0.25) is 0 Å². The van der Waals surface area contributed by atoms with E-state index >= 15 is 0 Å². The number of carbonyl (C=O) groups is 2. The number of nitrogens with one attached hydrogen (secondary N) is 2. The highest BCUT2D eigenvalue weighted by Crippen LogP contribution is 2.07. The van der Waals surface area contributed by atoms with E-state index in [-0.39, 0.29) is 17.5 Å². The number of rotatable bonds is 2. The Bertz CT molecular complexity index is 401. The van der Waals surface area contributed by atoms with Crippen molar-refractivity contribution in [2.24, 2.45) is 0 Å². The lowest BCUT2D eigenvalue weighted by Gasteiger charge is -2.21. The Labute approximate surface area is 98.8 Å². The first-order valence-electron chi connectivity index (χ1n) is 5.61. The molecule has 1 atom stereocenters. The van der Waals surface area contributed by atoms with E-state index in [1.54, 1.807) is 0 Å². The first-order chi connectivity index (χ1) is 8.27. The molecule has 1 fully saturated rings. The Kier molecular flexibility index (Phi) is 3.77. The minimum absolute atomic E-state index is 0.266. The van der Waals surface area contributed by atoms with Gasteiger partial charge in [-0.05, 0) is 19.4 Å². The van der Waals surface area contributed by atoms with Gasteiger partial charge in [-0.15, -0.1) is 0 Å². The van der Waals surface area contributed by atoms with Crippen molar-refractivity contribution in [2.75, 3.05) is 6.54 Å². The fourth-order valence-corrected chi connectivity index (χ4v) is 1.76. The summed E-state index contributed by atoms with van der Waals surface area (Å²) in [6.45, 7) is 0.820. The zero-order valence-electron chi connectivity index (χ0n) is 9.35. The van der Waals surface area contributed by atoms with Gasteiger partial charge < -0.3 is 5.32 Å². The van der Waals surface area contributed by atoms with Crippen molar-refractivity contribution in [3.05, 3.63) is 24.3 Å². The predicted molar refractivity (Wildman–Crippen MR) is 60.1 cm³/mol. The number of aromatic nitrogens is 2. The number of carbonyl (C=O) groups excluding carboxylic acids is 2. The molecule has 1 aromatic heterocycles. The van der Waals surface area contributed by atoms with Crippen LogP contribution in [0.5, 0.6) is 0 Å². The molecule has 6 heteroatoms. The molecule has 0 aromatic carbocycles. The maximum absolute atomic E-state index is 11.7. The highest BCUT2D eigenvalue weighted by molar-refractivity contribution is 6.05. The van der Waals surface area contributed by atoms with E-state index in [1.807, 2.05) is 0 Å². The van der Waals surface area contributed by atoms with Crippen molar-refractivity contribution in [1.82, 2.24) is 20.6 Å². The molecule has 2 heterocycles. The molecule has 6 nitrogen and oxygen atoms in total. The van der Waals surface area contributed by atoms with Gasteiger partial charge in [-0.3, -0.25) is 14.9 Å². The van der Waals surface area contributed by atoms with E-state index in [2.05, 4.69) is 20.6 Å². The van der Waals surface area contributed by atoms with Gasteiger partial charge in [0, 0.05) is 12.4 Å². The second-order valence-electron chi connectivity index (χ2n) is 3.95. The van der Waals surface area contributed by atoms with Crippen LogP contribution < -0.4 is 10.6 Å². The highest BCUT2D eigenvalue weighted by Gasteiger charge is 2.22. The van der Waals surface area contributed by atoms with Crippen LogP contribution in [-0.2, 0) is 4.79 Å². The number of nitrogens with zero attached hydrogens (tertiary/aromatic N) is 2. The molecule has 1 saturated heterocycles. The topological polar surface area (TPSA) is 84.0 Å². The minimum atomic E-state index is -0.456. The first kappa shape index (κ1) is 11.7. The molecular weight excluding hydrogens is 220 g/mol. The van der Waals surface area contributed by atoms with Gasteiger partial charge in [-0.25, -0.2) is 9.97 Å². The van der Waals surface area contributed by atoms with Gasteiger partial charge in [0.05, 0.1) is 11.6 Å². The Hall–Kier alpha value is -1.82. The average Bonchev–Trinajstić information content (AvgIpc) is 2.40. The van der Waals surface area contributed by atoms with Crippen molar-refractivity contribution in [2.45, 2.75) is 25.3 Å². The summed E-state index contributed by atoms with van der Waals surface area (Å²) in [6, 6.07) is -0.266. The van der Waals surface area contributed by atoms with Crippen LogP contribution >= 0.6 is 0 Å². The van der Waals surface area contributed by atoms with Crippen LogP contribution in [0.25, 0.3) is 0 Å². The summed E-state index contributed by atoms with van der Waals surface area (Å²) < 4.78 is 0. The highest BCUT2D eigenvalue weighted by atomic mass is 16.2. The number of hydrogen-bond donors (Lipinski definition) is 2. The van der Waals surface area contributed by atoms with E-state index in [1.165, 1.54) is 18.7 Å². The van der Waals surface area contributed by atoms with Crippen molar-refractivity contribution >= 4 is 11.8 Å². The van der Waals surface area contributed by atoms with Gasteiger partial charge in [-0.2, -0.15) is 0 Å².